The van der Waals surface area contributed by atoms with Crippen LogP contribution in [0.25, 0.3) is 0 Å². The van der Waals surface area contributed by atoms with Crippen LogP contribution in [0.15, 0.2) is 18.2 Å². The molecule has 1 amide bonds. The van der Waals surface area contributed by atoms with Gasteiger partial charge in [-0.05, 0) is 37.3 Å². The van der Waals surface area contributed by atoms with Crippen LogP contribution < -0.4 is 26.4 Å². The molecule has 2 rings (SSSR count). The molecular weight excluding hydrogens is 405 g/mol. The van der Waals surface area contributed by atoms with Crippen molar-refractivity contribution in [3.8, 4) is 0 Å². The summed E-state index contributed by atoms with van der Waals surface area (Å²) in [6.07, 6.45) is -1.00. The summed E-state index contributed by atoms with van der Waals surface area (Å²) in [4.78, 5) is 24.6. The quantitative estimate of drug-likeness (QED) is 0.139. The molecule has 0 unspecified atom stereocenters. The van der Waals surface area contributed by atoms with E-state index in [0.717, 1.165) is 0 Å². The van der Waals surface area contributed by atoms with Crippen molar-refractivity contribution in [3.05, 3.63) is 24.0 Å². The third-order valence-electron chi connectivity index (χ3n) is 3.83. The maximum absolute atomic E-state index is 14.4. The van der Waals surface area contributed by atoms with Crippen molar-refractivity contribution >= 4 is 40.8 Å². The molecule has 0 bridgehead atoms. The molecular formula is C17H24FN5O5S. The molecule has 0 saturated carbocycles. The zero-order valence-electron chi connectivity index (χ0n) is 16.1. The first-order valence-electron chi connectivity index (χ1n) is 8.89. The van der Waals surface area contributed by atoms with Crippen LogP contribution in [0.4, 0.5) is 20.6 Å². The molecule has 1 aromatic carbocycles. The SMILES string of the molecule is CCOC(=O)CNNCNc1ccc(N2C[C@H](CNC(=S)OC)OC2=O)cc1F. The number of amides is 1. The van der Waals surface area contributed by atoms with E-state index in [2.05, 4.69) is 21.5 Å². The van der Waals surface area contributed by atoms with E-state index in [1.165, 1.54) is 24.1 Å². The summed E-state index contributed by atoms with van der Waals surface area (Å²) in [7, 11) is 1.44. The minimum atomic E-state index is -0.565. The lowest BCUT2D eigenvalue weighted by Crippen LogP contribution is -2.39. The highest BCUT2D eigenvalue weighted by atomic mass is 32.1. The van der Waals surface area contributed by atoms with Gasteiger partial charge < -0.3 is 24.8 Å². The number of nitrogens with one attached hydrogen (secondary N) is 4. The van der Waals surface area contributed by atoms with Crippen LogP contribution in [0.5, 0.6) is 0 Å². The average molecular weight is 429 g/mol. The first-order valence-corrected chi connectivity index (χ1v) is 9.30. The summed E-state index contributed by atoms with van der Waals surface area (Å²) in [6.45, 7) is 2.71. The lowest BCUT2D eigenvalue weighted by Gasteiger charge is -2.15. The molecule has 10 nitrogen and oxygen atoms in total. The first-order chi connectivity index (χ1) is 13.9. The standard InChI is InChI=1S/C17H24FN5O5S/c1-3-27-15(24)8-21-22-10-20-14-5-4-11(6-13(14)18)23-9-12(28-17(23)25)7-19-16(29)26-2/h4-6,12,20-22H,3,7-10H2,1-2H3,(H,19,29)/t12-/m0/s1. The van der Waals surface area contributed by atoms with Crippen LogP contribution in [-0.4, -0.2) is 63.4 Å². The smallest absolute Gasteiger partial charge is 0.414 e. The van der Waals surface area contributed by atoms with Gasteiger partial charge in [0.15, 0.2) is 0 Å². The highest BCUT2D eigenvalue weighted by molar-refractivity contribution is 7.80. The van der Waals surface area contributed by atoms with Gasteiger partial charge in [0.2, 0.25) is 0 Å². The fourth-order valence-corrected chi connectivity index (χ4v) is 2.56. The summed E-state index contributed by atoms with van der Waals surface area (Å²) < 4.78 is 29.2. The molecule has 160 valence electrons. The van der Waals surface area contributed by atoms with Crippen LogP contribution in [-0.2, 0) is 19.0 Å². The summed E-state index contributed by atoms with van der Waals surface area (Å²) in [5.41, 5.74) is 5.98. The maximum atomic E-state index is 14.4. The van der Waals surface area contributed by atoms with Gasteiger partial charge in [-0.3, -0.25) is 9.69 Å². The summed E-state index contributed by atoms with van der Waals surface area (Å²) in [5, 5.41) is 5.84. The van der Waals surface area contributed by atoms with Crippen molar-refractivity contribution in [2.45, 2.75) is 13.0 Å². The number of benzene rings is 1. The number of methoxy groups -OCH3 is 1. The molecule has 0 radical (unpaired) electrons. The largest absolute Gasteiger partial charge is 0.474 e. The second-order valence-electron chi connectivity index (χ2n) is 5.84. The Balaban J connectivity index is 1.82. The van der Waals surface area contributed by atoms with Crippen LogP contribution in [0.2, 0.25) is 0 Å². The van der Waals surface area contributed by atoms with Gasteiger partial charge in [-0.1, -0.05) is 0 Å². The number of carbonyl (C=O) groups is 2. The highest BCUT2D eigenvalue weighted by Crippen LogP contribution is 2.25. The molecule has 0 aromatic heterocycles. The van der Waals surface area contributed by atoms with Gasteiger partial charge in [0, 0.05) is 0 Å². The van der Waals surface area contributed by atoms with Gasteiger partial charge in [-0.15, -0.1) is 0 Å². The number of halogens is 1. The van der Waals surface area contributed by atoms with E-state index in [9.17, 15) is 14.0 Å². The Kier molecular flexibility index (Phi) is 8.83. The normalized spacial score (nSPS) is 15.6. The molecule has 1 aliphatic heterocycles. The van der Waals surface area contributed by atoms with Crippen molar-refractivity contribution in [2.24, 2.45) is 0 Å². The third-order valence-corrected chi connectivity index (χ3v) is 4.14. The molecule has 0 spiro atoms. The van der Waals surface area contributed by atoms with Crippen molar-refractivity contribution in [3.63, 3.8) is 0 Å². The summed E-state index contributed by atoms with van der Waals surface area (Å²) in [5.74, 6) is -0.935. The van der Waals surface area contributed by atoms with E-state index in [0.29, 0.717) is 18.8 Å². The van der Waals surface area contributed by atoms with Crippen LogP contribution in [0.1, 0.15) is 6.92 Å². The minimum absolute atomic E-state index is 0.0147. The Hall–Kier alpha value is -2.70. The average Bonchev–Trinajstić information content (AvgIpc) is 3.07. The highest BCUT2D eigenvalue weighted by Gasteiger charge is 2.32. The number of hydrogen-bond donors (Lipinski definition) is 4. The van der Waals surface area contributed by atoms with E-state index in [-0.39, 0.29) is 30.6 Å². The molecule has 0 aliphatic carbocycles. The molecule has 1 aliphatic rings. The molecule has 29 heavy (non-hydrogen) atoms. The Bertz CT molecular complexity index is 738. The molecule has 1 saturated heterocycles. The Morgan fingerprint density at radius 2 is 2.21 bits per heavy atom. The molecule has 1 fully saturated rings. The number of nitrogens with zero attached hydrogens (tertiary/aromatic N) is 1. The Labute approximate surface area is 173 Å². The number of esters is 1. The van der Waals surface area contributed by atoms with Crippen LogP contribution in [0, 0.1) is 5.82 Å². The van der Waals surface area contributed by atoms with E-state index in [4.69, 9.17) is 26.4 Å². The van der Waals surface area contributed by atoms with Crippen molar-refractivity contribution in [1.82, 2.24) is 16.2 Å². The molecule has 1 heterocycles. The number of anilines is 2. The molecule has 1 atom stereocenters. The topological polar surface area (TPSA) is 113 Å². The predicted molar refractivity (Wildman–Crippen MR) is 108 cm³/mol. The fourth-order valence-electron chi connectivity index (χ4n) is 2.47. The van der Waals surface area contributed by atoms with E-state index in [1.54, 1.807) is 13.0 Å². The second-order valence-corrected chi connectivity index (χ2v) is 6.21. The number of cyclic esters (lactones) is 1. The van der Waals surface area contributed by atoms with E-state index >= 15 is 0 Å². The number of hydrogen-bond acceptors (Lipinski definition) is 9. The Morgan fingerprint density at radius 3 is 2.90 bits per heavy atom. The van der Waals surface area contributed by atoms with Gasteiger partial charge in [-0.25, -0.2) is 20.0 Å². The molecule has 4 N–H and O–H groups in total. The number of hydrazine groups is 1. The molecule has 1 aromatic rings. The first kappa shape index (κ1) is 22.6. The minimum Gasteiger partial charge on any atom is -0.474 e. The zero-order chi connectivity index (χ0) is 21.2. The lowest BCUT2D eigenvalue weighted by atomic mass is 10.2. The maximum Gasteiger partial charge on any atom is 0.414 e. The van der Waals surface area contributed by atoms with Gasteiger partial charge in [0.25, 0.3) is 5.17 Å². The second kappa shape index (κ2) is 11.3. The zero-order valence-corrected chi connectivity index (χ0v) is 16.9. The van der Waals surface area contributed by atoms with Crippen LogP contribution in [0.3, 0.4) is 0 Å². The number of ether oxygens (including phenoxy) is 3. The van der Waals surface area contributed by atoms with Gasteiger partial charge in [0.05, 0.1) is 44.8 Å². The van der Waals surface area contributed by atoms with Crippen molar-refractivity contribution in [2.75, 3.05) is 50.2 Å². The van der Waals surface area contributed by atoms with E-state index < -0.39 is 24.0 Å². The number of carbonyl (C=O) groups excluding carboxylic acids is 2. The van der Waals surface area contributed by atoms with Crippen molar-refractivity contribution in [1.29, 1.82) is 0 Å². The van der Waals surface area contributed by atoms with E-state index in [1.807, 2.05) is 0 Å². The number of rotatable bonds is 10. The van der Waals surface area contributed by atoms with Gasteiger partial charge in [-0.2, -0.15) is 0 Å². The predicted octanol–water partition coefficient (Wildman–Crippen LogP) is 0.699. The Morgan fingerprint density at radius 1 is 1.41 bits per heavy atom. The lowest BCUT2D eigenvalue weighted by molar-refractivity contribution is -0.142. The fraction of sp³-hybridized carbons (Fsp3) is 0.471. The van der Waals surface area contributed by atoms with Crippen molar-refractivity contribution < 1.29 is 28.2 Å². The monoisotopic (exact) mass is 429 g/mol. The summed E-state index contributed by atoms with van der Waals surface area (Å²) in [6, 6.07) is 4.36. The third kappa shape index (κ3) is 7.00. The number of thiocarbonyl (C=S) groups is 1. The van der Waals surface area contributed by atoms with Gasteiger partial charge in [0.1, 0.15) is 18.5 Å². The van der Waals surface area contributed by atoms with Gasteiger partial charge >= 0.3 is 12.1 Å². The summed E-state index contributed by atoms with van der Waals surface area (Å²) >= 11 is 4.87. The van der Waals surface area contributed by atoms with Crippen LogP contribution >= 0.6 is 12.2 Å². The molecule has 12 heteroatoms.